The van der Waals surface area contributed by atoms with Crippen molar-refractivity contribution < 1.29 is 7.59 Å². The van der Waals surface area contributed by atoms with E-state index in [0.717, 1.165) is 17.2 Å². The van der Waals surface area contributed by atoms with Crippen LogP contribution < -0.4 is 21.3 Å². The molecule has 156 valence electrons. The zero-order chi connectivity index (χ0) is 20.6. The lowest BCUT2D eigenvalue weighted by atomic mass is 10.2. The highest BCUT2D eigenvalue weighted by atomic mass is 16.5. The van der Waals surface area contributed by atoms with E-state index in [1.165, 1.54) is 43.6 Å². The first-order chi connectivity index (χ1) is 14.1. The van der Waals surface area contributed by atoms with Crippen LogP contribution in [0.2, 0.25) is 0 Å². The van der Waals surface area contributed by atoms with E-state index in [1.54, 1.807) is 30.7 Å². The van der Waals surface area contributed by atoms with E-state index in [2.05, 4.69) is 20.3 Å². The maximum atomic E-state index is 12.2. The fraction of sp³-hybridized carbons (Fsp3) is 0.333. The Morgan fingerprint density at radius 3 is 2.52 bits per heavy atom. The largest absolute Gasteiger partial charge is 0.491 e. The number of methoxy groups -OCH3 is 1. The summed E-state index contributed by atoms with van der Waals surface area (Å²) in [6.45, 7) is 1.87. The van der Waals surface area contributed by atoms with Crippen molar-refractivity contribution >= 4 is 11.6 Å². The molecule has 0 amide bonds. The second-order valence-electron chi connectivity index (χ2n) is 6.86. The lowest BCUT2D eigenvalue weighted by Crippen LogP contribution is -2.19. The van der Waals surface area contributed by atoms with Gasteiger partial charge >= 0.3 is 0 Å². The summed E-state index contributed by atoms with van der Waals surface area (Å²) >= 11 is 0. The molecule has 8 nitrogen and oxygen atoms in total. The average Bonchev–Trinajstić information content (AvgIpc) is 3.25. The topological polar surface area (TPSA) is 108 Å². The van der Waals surface area contributed by atoms with Gasteiger partial charge in [-0.3, -0.25) is 14.3 Å². The number of aromatic nitrogens is 4. The van der Waals surface area contributed by atoms with Crippen molar-refractivity contribution in [3.63, 3.8) is 0 Å². The number of ether oxygens (including phenoxy) is 1. The van der Waals surface area contributed by atoms with Crippen molar-refractivity contribution in [3.8, 4) is 11.4 Å². The number of nitrogen functional groups attached to an aromatic ring is 1. The highest BCUT2D eigenvalue weighted by Gasteiger charge is 2.14. The van der Waals surface area contributed by atoms with Gasteiger partial charge in [0.05, 0.1) is 37.1 Å². The van der Waals surface area contributed by atoms with Gasteiger partial charge in [-0.2, -0.15) is 0 Å². The molecule has 3 aromatic heterocycles. The van der Waals surface area contributed by atoms with Crippen LogP contribution in [0, 0.1) is 6.92 Å². The zero-order valence-corrected chi connectivity index (χ0v) is 16.7. The monoisotopic (exact) mass is 398 g/mol. The third kappa shape index (κ3) is 5.54. The first-order valence-corrected chi connectivity index (χ1v) is 9.59. The van der Waals surface area contributed by atoms with Crippen molar-refractivity contribution in [2.45, 2.75) is 38.6 Å². The van der Waals surface area contributed by atoms with Gasteiger partial charge in [0.15, 0.2) is 5.75 Å². The van der Waals surface area contributed by atoms with E-state index in [1.807, 2.05) is 19.1 Å². The van der Waals surface area contributed by atoms with Gasteiger partial charge in [-0.15, -0.1) is 0 Å². The van der Waals surface area contributed by atoms with E-state index >= 15 is 0 Å². The van der Waals surface area contributed by atoms with Crippen LogP contribution in [0.5, 0.6) is 5.75 Å². The van der Waals surface area contributed by atoms with Crippen molar-refractivity contribution in [1.82, 2.24) is 19.5 Å². The molecule has 8 heteroatoms. The maximum Gasteiger partial charge on any atom is 0.297 e. The molecule has 0 aromatic carbocycles. The number of hydrogen-bond acceptors (Lipinski definition) is 7. The smallest absolute Gasteiger partial charge is 0.297 e. The molecule has 1 fully saturated rings. The van der Waals surface area contributed by atoms with Gasteiger partial charge in [-0.25, -0.2) is 9.97 Å². The molecule has 0 saturated heterocycles. The van der Waals surface area contributed by atoms with Gasteiger partial charge in [0, 0.05) is 15.1 Å². The van der Waals surface area contributed by atoms with E-state index in [-0.39, 0.29) is 8.41 Å². The number of rotatable bonds is 4. The number of nitrogens with zero attached hydrogens (tertiary/aromatic N) is 4. The molecule has 29 heavy (non-hydrogen) atoms. The Bertz CT molecular complexity index is 953. The third-order valence-electron chi connectivity index (χ3n) is 4.67. The van der Waals surface area contributed by atoms with Gasteiger partial charge in [-0.05, 0) is 44.0 Å². The molecule has 4 rings (SSSR count). The Balaban J connectivity index is 0.000000410. The molecule has 1 aliphatic carbocycles. The van der Waals surface area contributed by atoms with Crippen molar-refractivity contribution in [2.75, 3.05) is 18.2 Å². The molecule has 1 saturated carbocycles. The third-order valence-corrected chi connectivity index (χ3v) is 4.67. The molecule has 0 radical (unpaired) electrons. The van der Waals surface area contributed by atoms with Gasteiger partial charge in [-0.1, -0.05) is 12.8 Å². The normalized spacial score (nSPS) is 13.4. The summed E-state index contributed by atoms with van der Waals surface area (Å²) in [5.41, 5.74) is 6.69. The molecule has 0 spiro atoms. The predicted molar refractivity (Wildman–Crippen MR) is 118 cm³/mol. The van der Waals surface area contributed by atoms with Gasteiger partial charge in [0.1, 0.15) is 11.6 Å². The Morgan fingerprint density at radius 2 is 1.93 bits per heavy atom. The fourth-order valence-corrected chi connectivity index (χ4v) is 3.13. The minimum atomic E-state index is -0.182. The molecule has 3 heterocycles. The van der Waals surface area contributed by atoms with Crippen LogP contribution in [0.25, 0.3) is 5.69 Å². The van der Waals surface area contributed by atoms with Crippen LogP contribution in [0.15, 0.2) is 53.8 Å². The molecule has 0 bridgehead atoms. The number of hydrogen-bond donors (Lipinski definition) is 2. The predicted octanol–water partition coefficient (Wildman–Crippen LogP) is 3.45. The lowest BCUT2D eigenvalue weighted by Gasteiger charge is -2.13. The van der Waals surface area contributed by atoms with E-state index in [9.17, 15) is 4.79 Å². The maximum absolute atomic E-state index is 12.2. The summed E-state index contributed by atoms with van der Waals surface area (Å²) in [4.78, 5) is 24.2. The highest BCUT2D eigenvalue weighted by molar-refractivity contribution is 5.42. The van der Waals surface area contributed by atoms with Crippen molar-refractivity contribution in [1.29, 1.82) is 0 Å². The Morgan fingerprint density at radius 1 is 1.14 bits per heavy atom. The first kappa shape index (κ1) is 20.3. The Hall–Kier alpha value is -3.42. The van der Waals surface area contributed by atoms with Crippen LogP contribution in [-0.2, 0) is 0 Å². The Kier molecular flexibility index (Phi) is 6.78. The quantitative estimate of drug-likeness (QED) is 0.693. The van der Waals surface area contributed by atoms with E-state index in [0.29, 0.717) is 17.6 Å². The molecule has 3 N–H and O–H groups in total. The minimum absolute atomic E-state index is 0. The van der Waals surface area contributed by atoms with Crippen LogP contribution in [0.1, 0.15) is 34.2 Å². The SMILES string of the molecule is COc1cccn(-c2ccc(NC3CCCC3)nc2)c1=O.Cc1cnc(N)cn1.[HH].[HH]. The Labute approximate surface area is 172 Å². The summed E-state index contributed by atoms with van der Waals surface area (Å²) in [7, 11) is 1.49. The second kappa shape index (κ2) is 9.68. The summed E-state index contributed by atoms with van der Waals surface area (Å²) in [6.07, 6.45) is 11.6. The van der Waals surface area contributed by atoms with Crippen LogP contribution in [0.3, 0.4) is 0 Å². The standard InChI is InChI=1S/C16H19N3O2.C5H7N3.2H2/c1-21-14-7-4-10-19(16(14)20)13-8-9-15(17-11-13)18-12-5-2-3-6-12;1-4-2-8-5(6)3-7-4;;/h4,7-12H,2-3,5-6H2,1H3,(H,17,18);2-3H,1H3,(H2,6,8);2*1H. The van der Waals surface area contributed by atoms with E-state index in [4.69, 9.17) is 10.5 Å². The first-order valence-electron chi connectivity index (χ1n) is 9.59. The number of nitrogens with two attached hydrogens (primary N) is 1. The molecule has 1 aliphatic rings. The molecular weight excluding hydrogens is 368 g/mol. The molecule has 3 aromatic rings. The molecular formula is C21H30N6O2. The summed E-state index contributed by atoms with van der Waals surface area (Å²) in [5, 5.41) is 3.43. The van der Waals surface area contributed by atoms with E-state index < -0.39 is 0 Å². The number of nitrogens with one attached hydrogen (secondary N) is 1. The second-order valence-corrected chi connectivity index (χ2v) is 6.86. The van der Waals surface area contributed by atoms with Gasteiger partial charge < -0.3 is 15.8 Å². The lowest BCUT2D eigenvalue weighted by molar-refractivity contribution is 0.406. The number of pyridine rings is 2. The van der Waals surface area contributed by atoms with Crippen LogP contribution in [0.4, 0.5) is 11.6 Å². The number of aryl methyl sites for hydroxylation is 1. The molecule has 0 unspecified atom stereocenters. The highest BCUT2D eigenvalue weighted by Crippen LogP contribution is 2.21. The summed E-state index contributed by atoms with van der Waals surface area (Å²) in [5.74, 6) is 1.66. The minimum Gasteiger partial charge on any atom is -0.491 e. The van der Waals surface area contributed by atoms with Gasteiger partial charge in [0.25, 0.3) is 5.56 Å². The summed E-state index contributed by atoms with van der Waals surface area (Å²) < 4.78 is 6.59. The number of anilines is 2. The van der Waals surface area contributed by atoms with Gasteiger partial charge in [0.2, 0.25) is 0 Å². The zero-order valence-electron chi connectivity index (χ0n) is 16.7. The molecule has 0 atom stereocenters. The summed E-state index contributed by atoms with van der Waals surface area (Å²) in [6, 6.07) is 7.78. The van der Waals surface area contributed by atoms with Crippen LogP contribution >= 0.6 is 0 Å². The van der Waals surface area contributed by atoms with Crippen molar-refractivity contribution in [3.05, 3.63) is 65.1 Å². The van der Waals surface area contributed by atoms with Crippen LogP contribution in [-0.4, -0.2) is 32.7 Å². The fourth-order valence-electron chi connectivity index (χ4n) is 3.13. The average molecular weight is 399 g/mol. The molecule has 0 aliphatic heterocycles. The van der Waals surface area contributed by atoms with Crippen molar-refractivity contribution in [2.24, 2.45) is 0 Å².